The minimum absolute atomic E-state index is 0.0351. The number of carbonyl (C=O) groups is 2. The number of phenolic OH excluding ortho intramolecular Hbond substituents is 1. The maximum Gasteiger partial charge on any atom is 0.508 e. The largest absolute Gasteiger partial charge is 0.508 e. The Labute approximate surface area is 228 Å². The Kier molecular flexibility index (Phi) is 11.6. The van der Waals surface area contributed by atoms with Crippen molar-refractivity contribution in [1.82, 2.24) is 0 Å². The molecule has 2 aromatic rings. The van der Waals surface area contributed by atoms with Crippen molar-refractivity contribution in [2.75, 3.05) is 19.9 Å². The Morgan fingerprint density at radius 3 is 1.85 bits per heavy atom. The maximum atomic E-state index is 12.0. The standard InChI is InChI=1S/C27H37O11P/c1-8-33-26(29)35-14-22-17(5)21(13-19-10-11-24(28)20(12-19)16(3)4)18(6)23(15-36-27(30)34-9-2)25(22)37-38-39(7,31)32/h10-12,16,28H,8-9,13-15H2,1-7H3,(H,31,32). The van der Waals surface area contributed by atoms with E-state index in [4.69, 9.17) is 28.5 Å². The van der Waals surface area contributed by atoms with Crippen molar-refractivity contribution in [3.63, 3.8) is 0 Å². The first-order chi connectivity index (χ1) is 18.3. The van der Waals surface area contributed by atoms with Crippen LogP contribution in [0.1, 0.15) is 72.6 Å². The molecule has 0 spiro atoms. The first-order valence-corrected chi connectivity index (χ1v) is 14.5. The number of rotatable bonds is 12. The summed E-state index contributed by atoms with van der Waals surface area (Å²) in [6.07, 6.45) is -1.43. The van der Waals surface area contributed by atoms with Gasteiger partial charge in [0.05, 0.1) is 13.2 Å². The third kappa shape index (κ3) is 9.16. The number of hydrogen-bond donors (Lipinski definition) is 2. The lowest BCUT2D eigenvalue weighted by atomic mass is 9.87. The van der Waals surface area contributed by atoms with Crippen LogP contribution in [0.4, 0.5) is 9.59 Å². The van der Waals surface area contributed by atoms with Gasteiger partial charge in [0.25, 0.3) is 0 Å². The molecule has 0 saturated heterocycles. The van der Waals surface area contributed by atoms with Crippen molar-refractivity contribution in [3.8, 4) is 11.5 Å². The highest BCUT2D eigenvalue weighted by Crippen LogP contribution is 2.42. The van der Waals surface area contributed by atoms with E-state index in [1.54, 1.807) is 39.8 Å². The van der Waals surface area contributed by atoms with Gasteiger partial charge in [0.2, 0.25) is 0 Å². The number of aromatic hydroxyl groups is 1. The van der Waals surface area contributed by atoms with Gasteiger partial charge in [-0.15, -0.1) is 4.67 Å². The summed E-state index contributed by atoms with van der Waals surface area (Å²) >= 11 is 0. The van der Waals surface area contributed by atoms with E-state index >= 15 is 0 Å². The van der Waals surface area contributed by atoms with E-state index in [2.05, 4.69) is 0 Å². The van der Waals surface area contributed by atoms with Crippen molar-refractivity contribution >= 4 is 19.9 Å². The Morgan fingerprint density at radius 2 is 1.41 bits per heavy atom. The summed E-state index contributed by atoms with van der Waals surface area (Å²) in [5, 5.41) is 10.3. The molecule has 1 atom stereocenters. The van der Waals surface area contributed by atoms with Crippen LogP contribution in [0, 0.1) is 13.8 Å². The second-order valence-corrected chi connectivity index (χ2v) is 10.9. The van der Waals surface area contributed by atoms with E-state index in [-0.39, 0.29) is 43.8 Å². The second-order valence-electron chi connectivity index (χ2n) is 9.14. The van der Waals surface area contributed by atoms with Gasteiger partial charge in [-0.2, -0.15) is 0 Å². The Hall–Kier alpha value is -3.27. The summed E-state index contributed by atoms with van der Waals surface area (Å²) in [5.41, 5.74) is 4.43. The van der Waals surface area contributed by atoms with Crippen molar-refractivity contribution in [2.24, 2.45) is 0 Å². The number of ether oxygens (including phenoxy) is 4. The fraction of sp³-hybridized carbons (Fsp3) is 0.481. The van der Waals surface area contributed by atoms with E-state index in [1.807, 2.05) is 19.9 Å². The third-order valence-corrected chi connectivity index (χ3v) is 6.26. The summed E-state index contributed by atoms with van der Waals surface area (Å²) in [7, 11) is -4.10. The van der Waals surface area contributed by atoms with E-state index in [0.717, 1.165) is 23.4 Å². The molecular weight excluding hydrogens is 531 g/mol. The first kappa shape index (κ1) is 31.9. The highest BCUT2D eigenvalue weighted by Gasteiger charge is 2.26. The maximum absolute atomic E-state index is 12.0. The molecule has 0 bridgehead atoms. The van der Waals surface area contributed by atoms with Crippen molar-refractivity contribution in [1.29, 1.82) is 0 Å². The van der Waals surface area contributed by atoms with E-state index in [1.165, 1.54) is 0 Å². The lowest BCUT2D eigenvalue weighted by molar-refractivity contribution is -0.111. The van der Waals surface area contributed by atoms with Crippen LogP contribution < -0.4 is 4.89 Å². The molecule has 0 amide bonds. The number of carbonyl (C=O) groups excluding carboxylic acids is 2. The molecule has 1 unspecified atom stereocenters. The summed E-state index contributed by atoms with van der Waals surface area (Å²) in [4.78, 5) is 39.0. The van der Waals surface area contributed by atoms with Crippen LogP contribution in [0.5, 0.6) is 11.5 Å². The molecule has 12 heteroatoms. The van der Waals surface area contributed by atoms with Gasteiger partial charge in [-0.25, -0.2) is 9.59 Å². The topological polar surface area (TPSA) is 147 Å². The number of benzene rings is 2. The van der Waals surface area contributed by atoms with Crippen LogP contribution in [0.15, 0.2) is 18.2 Å². The van der Waals surface area contributed by atoms with Crippen LogP contribution in [0.2, 0.25) is 0 Å². The highest BCUT2D eigenvalue weighted by molar-refractivity contribution is 7.51. The zero-order valence-electron chi connectivity index (χ0n) is 23.4. The van der Waals surface area contributed by atoms with Crippen LogP contribution in [-0.4, -0.2) is 42.2 Å². The molecule has 0 fully saturated rings. The Morgan fingerprint density at radius 1 is 0.897 bits per heavy atom. The monoisotopic (exact) mass is 568 g/mol. The van der Waals surface area contributed by atoms with Gasteiger partial charge in [-0.1, -0.05) is 26.0 Å². The van der Waals surface area contributed by atoms with Crippen LogP contribution in [0.25, 0.3) is 0 Å². The molecule has 216 valence electrons. The molecule has 11 nitrogen and oxygen atoms in total. The summed E-state index contributed by atoms with van der Waals surface area (Å²) in [5.74, 6) is 0.251. The summed E-state index contributed by atoms with van der Waals surface area (Å²) in [6.45, 7) is 11.3. The number of hydrogen-bond acceptors (Lipinski definition) is 10. The molecule has 2 rings (SSSR count). The van der Waals surface area contributed by atoms with Gasteiger partial charge < -0.3 is 33.8 Å². The second kappa shape index (κ2) is 14.2. The molecule has 0 saturated carbocycles. The molecular formula is C27H37O11P. The van der Waals surface area contributed by atoms with E-state index in [0.29, 0.717) is 28.7 Å². The SMILES string of the molecule is CCOC(=O)OCc1c(C)c(Cc2ccc(O)c(C(C)C)c2)c(C)c(COC(=O)OCC)c1OOP(C)(=O)O. The van der Waals surface area contributed by atoms with Crippen molar-refractivity contribution in [3.05, 3.63) is 57.1 Å². The number of phenols is 1. The lowest BCUT2D eigenvalue weighted by Gasteiger charge is -2.23. The first-order valence-electron chi connectivity index (χ1n) is 12.5. The third-order valence-electron chi connectivity index (χ3n) is 5.91. The average Bonchev–Trinajstić information content (AvgIpc) is 2.84. The van der Waals surface area contributed by atoms with E-state index in [9.17, 15) is 24.2 Å². The normalized spacial score (nSPS) is 12.5. The van der Waals surface area contributed by atoms with Gasteiger partial charge >= 0.3 is 19.9 Å². The zero-order chi connectivity index (χ0) is 29.3. The molecule has 0 radical (unpaired) electrons. The Balaban J connectivity index is 2.69. The molecule has 0 heterocycles. The fourth-order valence-corrected chi connectivity index (χ4v) is 4.16. The molecule has 2 aromatic carbocycles. The van der Waals surface area contributed by atoms with Crippen LogP contribution >= 0.6 is 7.60 Å². The lowest BCUT2D eigenvalue weighted by Crippen LogP contribution is -2.15. The Bertz CT molecular complexity index is 1170. The van der Waals surface area contributed by atoms with E-state index < -0.39 is 19.9 Å². The molecule has 0 aliphatic rings. The van der Waals surface area contributed by atoms with Crippen molar-refractivity contribution < 1.29 is 52.7 Å². The van der Waals surface area contributed by atoms with Crippen LogP contribution in [-0.2, 0) is 47.8 Å². The molecule has 0 aromatic heterocycles. The molecule has 0 aliphatic heterocycles. The fourth-order valence-electron chi connectivity index (χ4n) is 3.95. The molecule has 0 aliphatic carbocycles. The highest BCUT2D eigenvalue weighted by atomic mass is 31.2. The van der Waals surface area contributed by atoms with Gasteiger partial charge in [0, 0.05) is 17.8 Å². The predicted molar refractivity (Wildman–Crippen MR) is 142 cm³/mol. The summed E-state index contributed by atoms with van der Waals surface area (Å²) < 4.78 is 36.9. The average molecular weight is 569 g/mol. The smallest absolute Gasteiger partial charge is 0.508 e. The molecule has 2 N–H and O–H groups in total. The van der Waals surface area contributed by atoms with Gasteiger partial charge in [0.1, 0.15) is 19.0 Å². The predicted octanol–water partition coefficient (Wildman–Crippen LogP) is 6.20. The minimum Gasteiger partial charge on any atom is -0.508 e. The minimum atomic E-state index is -4.10. The quantitative estimate of drug-likeness (QED) is 0.131. The van der Waals surface area contributed by atoms with Crippen LogP contribution in [0.3, 0.4) is 0 Å². The molecule has 39 heavy (non-hydrogen) atoms. The van der Waals surface area contributed by atoms with Crippen molar-refractivity contribution in [2.45, 2.75) is 67.1 Å². The van der Waals surface area contributed by atoms with Gasteiger partial charge in [-0.3, -0.25) is 4.57 Å². The zero-order valence-corrected chi connectivity index (χ0v) is 24.3. The summed E-state index contributed by atoms with van der Waals surface area (Å²) in [6, 6.07) is 5.35. The van der Waals surface area contributed by atoms with Gasteiger partial charge in [0.15, 0.2) is 5.75 Å². The van der Waals surface area contributed by atoms with Gasteiger partial charge in [-0.05, 0) is 73.9 Å².